The van der Waals surface area contributed by atoms with E-state index in [-0.39, 0.29) is 24.6 Å². The molecule has 0 aromatic carbocycles. The van der Waals surface area contributed by atoms with Crippen molar-refractivity contribution in [3.8, 4) is 0 Å². The number of likely N-dealkylation sites (N-methyl/N-ethyl adjacent to an activating group) is 1. The van der Waals surface area contributed by atoms with Gasteiger partial charge in [0.15, 0.2) is 0 Å². The summed E-state index contributed by atoms with van der Waals surface area (Å²) in [6.07, 6.45) is 6.22. The van der Waals surface area contributed by atoms with Crippen LogP contribution < -0.4 is 5.32 Å². The zero-order valence-corrected chi connectivity index (χ0v) is 24.5. The first kappa shape index (κ1) is 36.1. The largest absolute Gasteiger partial charge is 0.481 e. The summed E-state index contributed by atoms with van der Waals surface area (Å²) in [5.41, 5.74) is 1.01. The molecule has 1 unspecified atom stereocenters. The number of thiazole rings is 1. The van der Waals surface area contributed by atoms with Crippen LogP contribution in [0.3, 0.4) is 0 Å². The zero-order valence-electron chi connectivity index (χ0n) is 23.7. The van der Waals surface area contributed by atoms with E-state index in [9.17, 15) is 14.7 Å². The molecule has 2 atom stereocenters. The van der Waals surface area contributed by atoms with Gasteiger partial charge in [0.25, 0.3) is 5.97 Å². The number of carbonyl (C=O) groups excluding carboxylic acids is 2. The molecule has 2 amide bonds. The maximum Gasteiger partial charge on any atom is 0.300 e. The minimum atomic E-state index is -0.833. The molecule has 9 nitrogen and oxygen atoms in total. The van der Waals surface area contributed by atoms with Gasteiger partial charge in [0.1, 0.15) is 12.8 Å². The fourth-order valence-electron chi connectivity index (χ4n) is 3.42. The average molecular weight is 531 g/mol. The highest BCUT2D eigenvalue weighted by Crippen LogP contribution is 2.16. The monoisotopic (exact) mass is 530 g/mol. The number of carboxylic acids is 1. The Morgan fingerprint density at radius 3 is 2.28 bits per heavy atom. The minimum absolute atomic E-state index is 0.0893. The second-order valence-corrected chi connectivity index (χ2v) is 9.36. The van der Waals surface area contributed by atoms with Crippen LogP contribution in [0.4, 0.5) is 0 Å². The molecule has 1 aliphatic rings. The molecule has 210 valence electrons. The smallest absolute Gasteiger partial charge is 0.300 e. The summed E-state index contributed by atoms with van der Waals surface area (Å²) in [5.74, 6) is -1.14. The van der Waals surface area contributed by atoms with Gasteiger partial charge >= 0.3 is 0 Å². The van der Waals surface area contributed by atoms with Gasteiger partial charge in [0.05, 0.1) is 11.0 Å². The number of carboxylic acid groups (broad SMARTS) is 1. The van der Waals surface area contributed by atoms with Gasteiger partial charge in [-0.2, -0.15) is 0 Å². The highest BCUT2D eigenvalue weighted by atomic mass is 32.1. The lowest BCUT2D eigenvalue weighted by Crippen LogP contribution is -2.54. The predicted octanol–water partition coefficient (Wildman–Crippen LogP) is 4.08. The van der Waals surface area contributed by atoms with Crippen molar-refractivity contribution < 1.29 is 24.6 Å². The lowest BCUT2D eigenvalue weighted by molar-refractivity contribution is -0.141. The first-order valence-electron chi connectivity index (χ1n) is 13.1. The summed E-state index contributed by atoms with van der Waals surface area (Å²) < 4.78 is 0. The van der Waals surface area contributed by atoms with Crippen LogP contribution in [0, 0.1) is 6.92 Å². The standard InChI is InChI=1S/C19H32N4O3S.C3H8.C2H4O2.C2H6/c1-4-15(21-18(25)16-8-5-6-10-22(16)3)19(26)23(13-24)11-7-9-17-20-14(2)12-27-17;1-3-2;1-2(3)4;1-2/h12,15-16,24H,4-11,13H2,1-3H3,(H,21,25);3H2,1-2H3;1H3,(H,3,4);1-2H3/t15?,16-;;;/m1.../s1. The molecule has 10 heteroatoms. The highest BCUT2D eigenvalue weighted by Gasteiger charge is 2.30. The Hall–Kier alpha value is -2.04. The van der Waals surface area contributed by atoms with Crippen molar-refractivity contribution in [1.82, 2.24) is 20.1 Å². The molecule has 1 aliphatic heterocycles. The molecular weight excluding hydrogens is 480 g/mol. The van der Waals surface area contributed by atoms with Gasteiger partial charge < -0.3 is 20.4 Å². The van der Waals surface area contributed by atoms with Crippen LogP contribution in [0.15, 0.2) is 5.38 Å². The average Bonchev–Trinajstić information content (AvgIpc) is 3.26. The van der Waals surface area contributed by atoms with E-state index in [1.165, 1.54) is 11.3 Å². The van der Waals surface area contributed by atoms with Crippen LogP contribution in [0.5, 0.6) is 0 Å². The molecule has 1 saturated heterocycles. The fraction of sp³-hybridized carbons (Fsp3) is 0.769. The summed E-state index contributed by atoms with van der Waals surface area (Å²) in [6, 6.07) is -0.765. The van der Waals surface area contributed by atoms with Crippen LogP contribution in [-0.2, 0) is 20.8 Å². The molecule has 0 saturated carbocycles. The van der Waals surface area contributed by atoms with Crippen LogP contribution >= 0.6 is 11.3 Å². The SMILES string of the molecule is CC.CC(=O)O.CCC.CCC(NC(=O)[C@H]1CCCCN1C)C(=O)N(CO)CCCc1nc(C)cs1. The van der Waals surface area contributed by atoms with Crippen molar-refractivity contribution in [3.05, 3.63) is 16.1 Å². The number of aliphatic hydroxyl groups excluding tert-OH is 1. The van der Waals surface area contributed by atoms with Crippen molar-refractivity contribution in [1.29, 1.82) is 0 Å². The molecule has 2 rings (SSSR count). The number of hydrogen-bond donors (Lipinski definition) is 3. The maximum atomic E-state index is 12.8. The summed E-state index contributed by atoms with van der Waals surface area (Å²) in [5, 5.41) is 23.0. The number of aliphatic hydroxyl groups is 1. The highest BCUT2D eigenvalue weighted by molar-refractivity contribution is 7.09. The number of aromatic nitrogens is 1. The van der Waals surface area contributed by atoms with Gasteiger partial charge in [-0.1, -0.05) is 47.5 Å². The quantitative estimate of drug-likeness (QED) is 0.411. The molecular formula is C26H50N4O5S. The number of aryl methyl sites for hydroxylation is 2. The van der Waals surface area contributed by atoms with E-state index in [2.05, 4.69) is 29.0 Å². The Bertz CT molecular complexity index is 725. The number of nitrogens with zero attached hydrogens (tertiary/aromatic N) is 3. The van der Waals surface area contributed by atoms with Gasteiger partial charge in [-0.25, -0.2) is 4.98 Å². The number of nitrogens with one attached hydrogen (secondary N) is 1. The predicted molar refractivity (Wildman–Crippen MR) is 147 cm³/mol. The number of likely N-dealkylation sites (tertiary alicyclic amines) is 1. The van der Waals surface area contributed by atoms with Gasteiger partial charge in [-0.3, -0.25) is 19.3 Å². The number of aliphatic carboxylic acids is 1. The van der Waals surface area contributed by atoms with Gasteiger partial charge in [0.2, 0.25) is 11.8 Å². The van der Waals surface area contributed by atoms with E-state index in [0.29, 0.717) is 13.0 Å². The van der Waals surface area contributed by atoms with Gasteiger partial charge in [-0.15, -0.1) is 11.3 Å². The Balaban J connectivity index is 0. The molecule has 1 aromatic heterocycles. The van der Waals surface area contributed by atoms with Crippen LogP contribution in [-0.4, -0.2) is 81.7 Å². The van der Waals surface area contributed by atoms with Crippen LogP contribution in [0.2, 0.25) is 0 Å². The summed E-state index contributed by atoms with van der Waals surface area (Å²) >= 11 is 1.61. The van der Waals surface area contributed by atoms with E-state index >= 15 is 0 Å². The van der Waals surface area contributed by atoms with Crippen molar-refractivity contribution in [2.24, 2.45) is 0 Å². The van der Waals surface area contributed by atoms with Gasteiger partial charge in [0, 0.05) is 31.0 Å². The normalized spacial score (nSPS) is 15.5. The number of piperidine rings is 1. The van der Waals surface area contributed by atoms with Crippen LogP contribution in [0.1, 0.15) is 90.8 Å². The molecule has 0 radical (unpaired) electrons. The van der Waals surface area contributed by atoms with Crippen molar-refractivity contribution in [3.63, 3.8) is 0 Å². The van der Waals surface area contributed by atoms with E-state index in [4.69, 9.17) is 9.90 Å². The Kier molecular flexibility index (Phi) is 22.3. The molecule has 3 N–H and O–H groups in total. The van der Waals surface area contributed by atoms with Crippen molar-refractivity contribution >= 4 is 29.1 Å². The summed E-state index contributed by atoms with van der Waals surface area (Å²) in [7, 11) is 1.95. The molecule has 36 heavy (non-hydrogen) atoms. The molecule has 0 aliphatic carbocycles. The topological polar surface area (TPSA) is 123 Å². The Morgan fingerprint density at radius 2 is 1.83 bits per heavy atom. The maximum absolute atomic E-state index is 12.8. The number of hydrogen-bond acceptors (Lipinski definition) is 7. The summed E-state index contributed by atoms with van der Waals surface area (Å²) in [4.78, 5) is 42.3. The third kappa shape index (κ3) is 15.9. The van der Waals surface area contributed by atoms with Crippen LogP contribution in [0.25, 0.3) is 0 Å². The third-order valence-corrected chi connectivity index (χ3v) is 6.09. The first-order chi connectivity index (χ1) is 17.1. The zero-order chi connectivity index (χ0) is 28.1. The van der Waals surface area contributed by atoms with E-state index in [0.717, 1.165) is 56.3 Å². The first-order valence-corrected chi connectivity index (χ1v) is 14.0. The minimum Gasteiger partial charge on any atom is -0.481 e. The molecule has 0 bridgehead atoms. The molecule has 1 fully saturated rings. The lowest BCUT2D eigenvalue weighted by Gasteiger charge is -2.33. The van der Waals surface area contributed by atoms with E-state index in [1.54, 1.807) is 11.3 Å². The molecule has 0 spiro atoms. The van der Waals surface area contributed by atoms with E-state index in [1.807, 2.05) is 40.1 Å². The number of rotatable bonds is 9. The van der Waals surface area contributed by atoms with Gasteiger partial charge in [-0.05, 0) is 46.2 Å². The molecule has 2 heterocycles. The second-order valence-electron chi connectivity index (χ2n) is 8.42. The van der Waals surface area contributed by atoms with Crippen molar-refractivity contribution in [2.45, 2.75) is 105 Å². The third-order valence-electron chi connectivity index (χ3n) is 5.06. The van der Waals surface area contributed by atoms with Crippen molar-refractivity contribution in [2.75, 3.05) is 26.9 Å². The van der Waals surface area contributed by atoms with E-state index < -0.39 is 12.0 Å². The molecule has 1 aromatic rings. The number of amides is 2. The number of carbonyl (C=O) groups is 3. The fourth-order valence-corrected chi connectivity index (χ4v) is 4.24. The Morgan fingerprint density at radius 1 is 1.25 bits per heavy atom. The summed E-state index contributed by atoms with van der Waals surface area (Å²) in [6.45, 7) is 14.2. The lowest BCUT2D eigenvalue weighted by atomic mass is 10.0. The Labute approximate surface area is 222 Å². The second kappa shape index (κ2) is 22.2.